The van der Waals surface area contributed by atoms with Gasteiger partial charge in [-0.2, -0.15) is 0 Å². The Labute approximate surface area is 221 Å². The van der Waals surface area contributed by atoms with Gasteiger partial charge in [-0.3, -0.25) is 14.5 Å². The Bertz CT molecular complexity index is 1440. The molecule has 0 bridgehead atoms. The number of aliphatic hydroxyl groups excluding tert-OH is 1. The highest BCUT2D eigenvalue weighted by molar-refractivity contribution is 6.51. The van der Waals surface area contributed by atoms with Crippen LogP contribution in [0.1, 0.15) is 65.3 Å². The molecule has 1 unspecified atom stereocenters. The first kappa shape index (κ1) is 25.3. The Morgan fingerprint density at radius 1 is 0.895 bits per heavy atom. The molecule has 1 saturated heterocycles. The topological polar surface area (TPSA) is 104 Å². The minimum Gasteiger partial charge on any atom is -0.508 e. The summed E-state index contributed by atoms with van der Waals surface area (Å²) >= 11 is 0. The third-order valence-corrected chi connectivity index (χ3v) is 7.00. The van der Waals surface area contributed by atoms with Crippen LogP contribution >= 0.6 is 0 Å². The first-order chi connectivity index (χ1) is 18.2. The second-order valence-corrected chi connectivity index (χ2v) is 9.95. The molecule has 0 aromatic heterocycles. The van der Waals surface area contributed by atoms with Crippen LogP contribution in [0.25, 0.3) is 5.76 Å². The van der Waals surface area contributed by atoms with Crippen molar-refractivity contribution in [3.63, 3.8) is 0 Å². The van der Waals surface area contributed by atoms with Gasteiger partial charge >= 0.3 is 5.97 Å². The molecular formula is C31H29NO6. The monoisotopic (exact) mass is 511 g/mol. The highest BCUT2D eigenvalue weighted by Gasteiger charge is 2.47. The molecule has 38 heavy (non-hydrogen) atoms. The van der Waals surface area contributed by atoms with Crippen LogP contribution in [0, 0.1) is 0 Å². The number of nitrogens with zero attached hydrogens (tertiary/aromatic N) is 1. The smallest absolute Gasteiger partial charge is 0.338 e. The third-order valence-electron chi connectivity index (χ3n) is 7.00. The summed E-state index contributed by atoms with van der Waals surface area (Å²) in [6.45, 7) is 3.51. The van der Waals surface area contributed by atoms with Crippen molar-refractivity contribution < 1.29 is 29.3 Å². The number of aliphatic hydroxyl groups is 1. The zero-order valence-electron chi connectivity index (χ0n) is 21.3. The normalized spacial score (nSPS) is 18.5. The van der Waals surface area contributed by atoms with E-state index in [-0.39, 0.29) is 23.2 Å². The number of carbonyl (C=O) groups is 3. The first-order valence-electron chi connectivity index (χ1n) is 12.8. The number of esters is 1. The van der Waals surface area contributed by atoms with Gasteiger partial charge in [0.1, 0.15) is 11.5 Å². The van der Waals surface area contributed by atoms with E-state index in [1.165, 1.54) is 34.7 Å². The van der Waals surface area contributed by atoms with E-state index in [2.05, 4.69) is 0 Å². The predicted molar refractivity (Wildman–Crippen MR) is 143 cm³/mol. The van der Waals surface area contributed by atoms with Crippen LogP contribution in [-0.2, 0) is 27.2 Å². The number of hydrogen-bond donors (Lipinski definition) is 2. The number of ether oxygens (including phenoxy) is 1. The number of anilines is 1. The number of aromatic hydroxyl groups is 1. The number of Topliss-reactive ketones (excluding diaryl/α,β-unsaturated/α-hetero) is 1. The number of fused-ring (bicyclic) bond motifs is 1. The van der Waals surface area contributed by atoms with Crippen LogP contribution in [0.5, 0.6) is 5.75 Å². The van der Waals surface area contributed by atoms with Gasteiger partial charge < -0.3 is 14.9 Å². The molecule has 1 fully saturated rings. The second kappa shape index (κ2) is 10.2. The predicted octanol–water partition coefficient (Wildman–Crippen LogP) is 5.46. The number of aryl methyl sites for hydroxylation is 2. The molecule has 1 atom stereocenters. The van der Waals surface area contributed by atoms with Crippen molar-refractivity contribution in [3.8, 4) is 5.75 Å². The SMILES string of the molecule is CC(C)OC(=O)c1ccc(N2C(=O)C(=O)/C(=C(\O)c3ccc4c(c3)CCCC4)C2c2ccc(O)cc2)cc1. The van der Waals surface area contributed by atoms with Gasteiger partial charge in [-0.05, 0) is 98.7 Å². The number of benzene rings is 3. The summed E-state index contributed by atoms with van der Waals surface area (Å²) in [7, 11) is 0. The van der Waals surface area contributed by atoms with E-state index in [1.807, 2.05) is 12.1 Å². The van der Waals surface area contributed by atoms with Crippen LogP contribution in [0.2, 0.25) is 0 Å². The number of phenolic OH excluding ortho intramolecular Hbond substituents is 1. The number of ketones is 1. The molecule has 3 aromatic rings. The molecule has 0 radical (unpaired) electrons. The summed E-state index contributed by atoms with van der Waals surface area (Å²) in [6, 6.07) is 17.1. The van der Waals surface area contributed by atoms with Crippen molar-refractivity contribution >= 4 is 29.1 Å². The highest BCUT2D eigenvalue weighted by atomic mass is 16.5. The van der Waals surface area contributed by atoms with E-state index in [0.29, 0.717) is 22.4 Å². The van der Waals surface area contributed by atoms with E-state index in [0.717, 1.165) is 31.2 Å². The second-order valence-electron chi connectivity index (χ2n) is 9.95. The Morgan fingerprint density at radius 3 is 2.18 bits per heavy atom. The lowest BCUT2D eigenvalue weighted by Crippen LogP contribution is -2.29. The summed E-state index contributed by atoms with van der Waals surface area (Å²) in [6.07, 6.45) is 3.79. The van der Waals surface area contributed by atoms with E-state index >= 15 is 0 Å². The maximum Gasteiger partial charge on any atom is 0.338 e. The molecule has 0 spiro atoms. The standard InChI is InChI=1S/C31H29NO6/c1-18(2)38-31(37)21-9-13-24(14-10-21)32-27(20-11-15-25(33)16-12-20)26(29(35)30(32)36)28(34)23-8-7-19-5-3-4-6-22(19)17-23/h7-18,27,33-34H,3-6H2,1-2H3/b28-26-. The van der Waals surface area contributed by atoms with Gasteiger partial charge in [0.15, 0.2) is 0 Å². The van der Waals surface area contributed by atoms with E-state index in [4.69, 9.17) is 4.74 Å². The molecular weight excluding hydrogens is 482 g/mol. The maximum atomic E-state index is 13.4. The lowest BCUT2D eigenvalue weighted by Gasteiger charge is -2.26. The average molecular weight is 512 g/mol. The largest absolute Gasteiger partial charge is 0.508 e. The molecule has 1 heterocycles. The maximum absolute atomic E-state index is 13.4. The molecule has 2 N–H and O–H groups in total. The Hall–Kier alpha value is -4.39. The van der Waals surface area contributed by atoms with Crippen LogP contribution < -0.4 is 4.90 Å². The Balaban J connectivity index is 1.61. The molecule has 5 rings (SSSR count). The number of amides is 1. The molecule has 1 aliphatic carbocycles. The molecule has 7 heteroatoms. The van der Waals surface area contributed by atoms with Gasteiger partial charge in [0, 0.05) is 11.3 Å². The first-order valence-corrected chi connectivity index (χ1v) is 12.8. The summed E-state index contributed by atoms with van der Waals surface area (Å²) < 4.78 is 5.24. The van der Waals surface area contributed by atoms with Crippen LogP contribution in [-0.4, -0.2) is 34.0 Å². The molecule has 2 aliphatic rings. The van der Waals surface area contributed by atoms with Gasteiger partial charge in [-0.15, -0.1) is 0 Å². The lowest BCUT2D eigenvalue weighted by atomic mass is 9.88. The molecule has 1 aliphatic heterocycles. The fourth-order valence-electron chi connectivity index (χ4n) is 5.15. The number of carbonyl (C=O) groups excluding carboxylic acids is 3. The fraction of sp³-hybridized carbons (Fsp3) is 0.258. The van der Waals surface area contributed by atoms with E-state index in [9.17, 15) is 24.6 Å². The van der Waals surface area contributed by atoms with Crippen molar-refractivity contribution in [3.05, 3.63) is 100 Å². The minimum absolute atomic E-state index is 0.0280. The van der Waals surface area contributed by atoms with Crippen LogP contribution in [0.3, 0.4) is 0 Å². The van der Waals surface area contributed by atoms with Crippen molar-refractivity contribution in [1.29, 1.82) is 0 Å². The summed E-state index contributed by atoms with van der Waals surface area (Å²) in [4.78, 5) is 40.4. The third kappa shape index (κ3) is 4.67. The highest BCUT2D eigenvalue weighted by Crippen LogP contribution is 2.42. The zero-order valence-corrected chi connectivity index (χ0v) is 21.3. The molecule has 1 amide bonds. The Kier molecular flexibility index (Phi) is 6.76. The summed E-state index contributed by atoms with van der Waals surface area (Å²) in [5.74, 6) is -2.29. The summed E-state index contributed by atoms with van der Waals surface area (Å²) in [5.41, 5.74) is 4.08. The van der Waals surface area contributed by atoms with Crippen molar-refractivity contribution in [1.82, 2.24) is 0 Å². The summed E-state index contributed by atoms with van der Waals surface area (Å²) in [5, 5.41) is 21.3. The Morgan fingerprint density at radius 2 is 1.53 bits per heavy atom. The minimum atomic E-state index is -0.930. The molecule has 3 aromatic carbocycles. The van der Waals surface area contributed by atoms with Gasteiger partial charge in [0.2, 0.25) is 0 Å². The van der Waals surface area contributed by atoms with Gasteiger partial charge in [0.05, 0.1) is 23.3 Å². The number of rotatable bonds is 5. The van der Waals surface area contributed by atoms with Crippen molar-refractivity contribution in [2.24, 2.45) is 0 Å². The number of hydrogen-bond acceptors (Lipinski definition) is 6. The average Bonchev–Trinajstić information content (AvgIpc) is 3.18. The van der Waals surface area contributed by atoms with Crippen LogP contribution in [0.4, 0.5) is 5.69 Å². The number of phenols is 1. The van der Waals surface area contributed by atoms with Crippen molar-refractivity contribution in [2.75, 3.05) is 4.90 Å². The van der Waals surface area contributed by atoms with E-state index < -0.39 is 23.7 Å². The fourth-order valence-corrected chi connectivity index (χ4v) is 5.15. The zero-order chi connectivity index (χ0) is 27.0. The molecule has 7 nitrogen and oxygen atoms in total. The van der Waals surface area contributed by atoms with Crippen LogP contribution in [0.15, 0.2) is 72.3 Å². The van der Waals surface area contributed by atoms with Gasteiger partial charge in [0.25, 0.3) is 11.7 Å². The van der Waals surface area contributed by atoms with Gasteiger partial charge in [-0.25, -0.2) is 4.79 Å². The quantitative estimate of drug-likeness (QED) is 0.204. The molecule has 194 valence electrons. The van der Waals surface area contributed by atoms with Crippen molar-refractivity contribution in [2.45, 2.75) is 51.7 Å². The van der Waals surface area contributed by atoms with E-state index in [1.54, 1.807) is 44.2 Å². The lowest BCUT2D eigenvalue weighted by molar-refractivity contribution is -0.132. The van der Waals surface area contributed by atoms with Gasteiger partial charge in [-0.1, -0.05) is 24.3 Å². The molecule has 0 saturated carbocycles.